The van der Waals surface area contributed by atoms with Crippen molar-refractivity contribution in [3.63, 3.8) is 0 Å². The molecule has 32 heavy (non-hydrogen) atoms. The van der Waals surface area contributed by atoms with Crippen LogP contribution in [0.1, 0.15) is 11.1 Å². The van der Waals surface area contributed by atoms with Crippen LogP contribution in [-0.2, 0) is 6.42 Å². The molecule has 5 heteroatoms. The molecule has 2 aromatic heterocycles. The standard InChI is InChI=1S/C27H21ClN4/c1-18-7-9-19(10-8-18)25-24-26-20(15-16-31(26)22-13-11-21(28)12-14-22)17-29-27(24)32(30-25)23-5-3-2-4-6-23/h2-14,17H,15-16H2,1H3. The van der Waals surface area contributed by atoms with Crippen molar-refractivity contribution in [3.8, 4) is 16.9 Å². The summed E-state index contributed by atoms with van der Waals surface area (Å²) in [5.74, 6) is 0. The van der Waals surface area contributed by atoms with Crippen LogP contribution in [0.15, 0.2) is 85.1 Å². The van der Waals surface area contributed by atoms with Gasteiger partial charge in [0.05, 0.1) is 16.8 Å². The van der Waals surface area contributed by atoms with Gasteiger partial charge in [-0.25, -0.2) is 9.67 Å². The van der Waals surface area contributed by atoms with Gasteiger partial charge in [-0.2, -0.15) is 5.10 Å². The minimum Gasteiger partial charge on any atom is -0.340 e. The number of aromatic nitrogens is 3. The monoisotopic (exact) mass is 436 g/mol. The van der Waals surface area contributed by atoms with Gasteiger partial charge in [-0.05, 0) is 55.3 Å². The largest absolute Gasteiger partial charge is 0.340 e. The number of hydrogen-bond donors (Lipinski definition) is 0. The first kappa shape index (κ1) is 19.1. The molecule has 3 aromatic carbocycles. The summed E-state index contributed by atoms with van der Waals surface area (Å²) >= 11 is 6.16. The fraction of sp³-hybridized carbons (Fsp3) is 0.111. The maximum absolute atomic E-state index is 6.16. The lowest BCUT2D eigenvalue weighted by atomic mass is 10.0. The number of para-hydroxylation sites is 1. The summed E-state index contributed by atoms with van der Waals surface area (Å²) in [6.45, 7) is 3.01. The lowest BCUT2D eigenvalue weighted by Gasteiger charge is -2.21. The molecule has 0 saturated carbocycles. The van der Waals surface area contributed by atoms with E-state index in [1.807, 2.05) is 41.2 Å². The van der Waals surface area contributed by atoms with Crippen molar-refractivity contribution in [2.75, 3.05) is 11.4 Å². The van der Waals surface area contributed by atoms with Crippen molar-refractivity contribution < 1.29 is 0 Å². The van der Waals surface area contributed by atoms with Gasteiger partial charge in [-0.1, -0.05) is 59.6 Å². The highest BCUT2D eigenvalue weighted by molar-refractivity contribution is 6.30. The topological polar surface area (TPSA) is 34.0 Å². The molecule has 3 heterocycles. The van der Waals surface area contributed by atoms with Crippen molar-refractivity contribution in [3.05, 3.63) is 101 Å². The highest BCUT2D eigenvalue weighted by Gasteiger charge is 2.28. The second kappa shape index (κ2) is 7.50. The molecule has 1 aliphatic rings. The van der Waals surface area contributed by atoms with Crippen LogP contribution in [0.2, 0.25) is 5.02 Å². The number of anilines is 2. The summed E-state index contributed by atoms with van der Waals surface area (Å²) in [4.78, 5) is 7.25. The molecule has 0 amide bonds. The second-order valence-electron chi connectivity index (χ2n) is 8.17. The van der Waals surface area contributed by atoms with Crippen LogP contribution < -0.4 is 4.90 Å². The number of nitrogens with zero attached hydrogens (tertiary/aromatic N) is 4. The van der Waals surface area contributed by atoms with Gasteiger partial charge < -0.3 is 4.90 Å². The van der Waals surface area contributed by atoms with Crippen molar-refractivity contribution in [1.82, 2.24) is 14.8 Å². The first-order valence-electron chi connectivity index (χ1n) is 10.8. The maximum Gasteiger partial charge on any atom is 0.165 e. The molecule has 156 valence electrons. The Balaban J connectivity index is 1.65. The Labute approximate surface area is 191 Å². The van der Waals surface area contributed by atoms with E-state index in [2.05, 4.69) is 60.4 Å². The van der Waals surface area contributed by atoms with E-state index in [0.717, 1.165) is 51.7 Å². The van der Waals surface area contributed by atoms with E-state index in [1.165, 1.54) is 16.8 Å². The molecule has 0 N–H and O–H groups in total. The van der Waals surface area contributed by atoms with E-state index in [-0.39, 0.29) is 0 Å². The SMILES string of the molecule is Cc1ccc(-c2nn(-c3ccccc3)c3ncc4c(c23)N(c2ccc(Cl)cc2)CC4)cc1. The molecule has 6 rings (SSSR count). The fourth-order valence-corrected chi connectivity index (χ4v) is 4.61. The molecule has 4 nitrogen and oxygen atoms in total. The van der Waals surface area contributed by atoms with Gasteiger partial charge in [0.25, 0.3) is 0 Å². The van der Waals surface area contributed by atoms with E-state index in [1.54, 1.807) is 0 Å². The Morgan fingerprint density at radius 3 is 2.34 bits per heavy atom. The van der Waals surface area contributed by atoms with Gasteiger partial charge in [0.2, 0.25) is 0 Å². The molecule has 0 spiro atoms. The van der Waals surface area contributed by atoms with Crippen LogP contribution in [0.3, 0.4) is 0 Å². The predicted octanol–water partition coefficient (Wildman–Crippen LogP) is 6.74. The maximum atomic E-state index is 6.16. The predicted molar refractivity (Wildman–Crippen MR) is 131 cm³/mol. The summed E-state index contributed by atoms with van der Waals surface area (Å²) in [5, 5.41) is 6.91. The van der Waals surface area contributed by atoms with Crippen molar-refractivity contribution >= 4 is 34.0 Å². The van der Waals surface area contributed by atoms with E-state index in [0.29, 0.717) is 0 Å². The van der Waals surface area contributed by atoms with Crippen molar-refractivity contribution in [1.29, 1.82) is 0 Å². The Hall–Kier alpha value is -3.63. The van der Waals surface area contributed by atoms with Crippen LogP contribution in [0.5, 0.6) is 0 Å². The van der Waals surface area contributed by atoms with Crippen LogP contribution in [0.25, 0.3) is 28.0 Å². The third kappa shape index (κ3) is 3.07. The molecule has 0 atom stereocenters. The zero-order valence-electron chi connectivity index (χ0n) is 17.7. The molecule has 0 bridgehead atoms. The minimum atomic E-state index is 0.741. The summed E-state index contributed by atoms with van der Waals surface area (Å²) < 4.78 is 1.96. The molecule has 0 aliphatic carbocycles. The van der Waals surface area contributed by atoms with Crippen LogP contribution >= 0.6 is 11.6 Å². The number of fused-ring (bicyclic) bond motifs is 3. The number of benzene rings is 3. The Morgan fingerprint density at radius 1 is 0.844 bits per heavy atom. The molecule has 0 saturated heterocycles. The smallest absolute Gasteiger partial charge is 0.165 e. The first-order valence-corrected chi connectivity index (χ1v) is 11.1. The van der Waals surface area contributed by atoms with Gasteiger partial charge in [0.1, 0.15) is 5.69 Å². The zero-order valence-corrected chi connectivity index (χ0v) is 18.4. The van der Waals surface area contributed by atoms with Gasteiger partial charge >= 0.3 is 0 Å². The molecule has 0 fully saturated rings. The van der Waals surface area contributed by atoms with Gasteiger partial charge in [-0.3, -0.25) is 0 Å². The first-order chi connectivity index (χ1) is 15.7. The number of rotatable bonds is 3. The molecular formula is C27H21ClN4. The van der Waals surface area contributed by atoms with Crippen LogP contribution in [-0.4, -0.2) is 21.3 Å². The van der Waals surface area contributed by atoms with Gasteiger partial charge in [0.15, 0.2) is 5.65 Å². The number of aryl methyl sites for hydroxylation is 1. The normalized spacial score (nSPS) is 13.0. The van der Waals surface area contributed by atoms with Gasteiger partial charge in [0, 0.05) is 29.0 Å². The van der Waals surface area contributed by atoms with E-state index in [4.69, 9.17) is 21.7 Å². The number of halogens is 1. The van der Waals surface area contributed by atoms with E-state index in [9.17, 15) is 0 Å². The summed E-state index contributed by atoms with van der Waals surface area (Å²) in [6.07, 6.45) is 2.96. The summed E-state index contributed by atoms with van der Waals surface area (Å²) in [6, 6.07) is 26.8. The Morgan fingerprint density at radius 2 is 1.59 bits per heavy atom. The van der Waals surface area contributed by atoms with E-state index >= 15 is 0 Å². The minimum absolute atomic E-state index is 0.741. The Kier molecular flexibility index (Phi) is 4.47. The number of pyridine rings is 1. The molecule has 0 unspecified atom stereocenters. The molecule has 5 aromatic rings. The fourth-order valence-electron chi connectivity index (χ4n) is 4.48. The lowest BCUT2D eigenvalue weighted by Crippen LogP contribution is -2.13. The highest BCUT2D eigenvalue weighted by Crippen LogP contribution is 2.43. The summed E-state index contributed by atoms with van der Waals surface area (Å²) in [5.41, 5.74) is 8.70. The summed E-state index contributed by atoms with van der Waals surface area (Å²) in [7, 11) is 0. The third-order valence-electron chi connectivity index (χ3n) is 6.08. The van der Waals surface area contributed by atoms with Crippen molar-refractivity contribution in [2.24, 2.45) is 0 Å². The molecule has 0 radical (unpaired) electrons. The van der Waals surface area contributed by atoms with Crippen molar-refractivity contribution in [2.45, 2.75) is 13.3 Å². The molecule has 1 aliphatic heterocycles. The zero-order chi connectivity index (χ0) is 21.7. The lowest BCUT2D eigenvalue weighted by molar-refractivity contribution is 0.900. The second-order valence-corrected chi connectivity index (χ2v) is 8.61. The van der Waals surface area contributed by atoms with Crippen LogP contribution in [0.4, 0.5) is 11.4 Å². The highest BCUT2D eigenvalue weighted by atomic mass is 35.5. The van der Waals surface area contributed by atoms with E-state index < -0.39 is 0 Å². The van der Waals surface area contributed by atoms with Gasteiger partial charge in [-0.15, -0.1) is 0 Å². The molecular weight excluding hydrogens is 416 g/mol. The third-order valence-corrected chi connectivity index (χ3v) is 6.34. The quantitative estimate of drug-likeness (QED) is 0.314. The van der Waals surface area contributed by atoms with Crippen LogP contribution in [0, 0.1) is 6.92 Å². The number of hydrogen-bond acceptors (Lipinski definition) is 3. The average molecular weight is 437 g/mol. The average Bonchev–Trinajstić information content (AvgIpc) is 3.42. The Bertz CT molecular complexity index is 1420.